The molecule has 96 valence electrons. The van der Waals surface area contributed by atoms with Gasteiger partial charge in [-0.3, -0.25) is 4.68 Å². The van der Waals surface area contributed by atoms with Gasteiger partial charge in [0.1, 0.15) is 0 Å². The molecule has 0 bridgehead atoms. The van der Waals surface area contributed by atoms with Crippen LogP contribution in [0.2, 0.25) is 0 Å². The zero-order valence-corrected chi connectivity index (χ0v) is 10.8. The van der Waals surface area contributed by atoms with Gasteiger partial charge in [-0.05, 0) is 19.4 Å². The van der Waals surface area contributed by atoms with E-state index in [1.807, 2.05) is 36.7 Å². The number of aromatic nitrogens is 2. The van der Waals surface area contributed by atoms with Crippen molar-refractivity contribution in [3.05, 3.63) is 52.8 Å². The molecule has 2 aromatic rings. The third-order valence-corrected chi connectivity index (χ3v) is 3.17. The van der Waals surface area contributed by atoms with Gasteiger partial charge < -0.3 is 10.8 Å². The Morgan fingerprint density at radius 3 is 2.56 bits per heavy atom. The number of aliphatic hydroxyl groups is 1. The number of nitrogens with zero attached hydrogens (tertiary/aromatic N) is 2. The molecule has 0 saturated carbocycles. The van der Waals surface area contributed by atoms with Gasteiger partial charge in [0.15, 0.2) is 0 Å². The zero-order valence-electron chi connectivity index (χ0n) is 10.8. The highest BCUT2D eigenvalue weighted by Crippen LogP contribution is 2.21. The first-order chi connectivity index (χ1) is 8.63. The second-order valence-electron chi connectivity index (χ2n) is 4.48. The number of aliphatic hydroxyl groups excluding tert-OH is 1. The fraction of sp³-hybridized carbons (Fsp3) is 0.357. The lowest BCUT2D eigenvalue weighted by Crippen LogP contribution is -2.13. The summed E-state index contributed by atoms with van der Waals surface area (Å²) in [5.74, 6) is 0. The molecular formula is C14H19N3O. The van der Waals surface area contributed by atoms with E-state index in [9.17, 15) is 5.11 Å². The molecule has 0 aliphatic carbocycles. The smallest absolute Gasteiger partial charge is 0.0947 e. The van der Waals surface area contributed by atoms with Crippen molar-refractivity contribution in [2.75, 3.05) is 6.54 Å². The molecule has 1 heterocycles. The number of nitrogens with two attached hydrogens (primary N) is 1. The average Bonchev–Trinajstić information content (AvgIpc) is 2.65. The minimum absolute atomic E-state index is 0.221. The molecule has 0 aliphatic rings. The van der Waals surface area contributed by atoms with Gasteiger partial charge in [-0.2, -0.15) is 5.10 Å². The second kappa shape index (κ2) is 5.33. The van der Waals surface area contributed by atoms with E-state index >= 15 is 0 Å². The van der Waals surface area contributed by atoms with E-state index < -0.39 is 6.10 Å². The summed E-state index contributed by atoms with van der Waals surface area (Å²) in [6.07, 6.45) is -0.630. The van der Waals surface area contributed by atoms with E-state index in [0.29, 0.717) is 6.54 Å². The minimum atomic E-state index is -0.630. The van der Waals surface area contributed by atoms with Crippen molar-refractivity contribution in [3.8, 4) is 0 Å². The Bertz CT molecular complexity index is 519. The Hall–Kier alpha value is -1.65. The molecule has 1 aromatic heterocycles. The molecule has 0 spiro atoms. The Kier molecular flexibility index (Phi) is 3.79. The maximum atomic E-state index is 9.89. The number of benzene rings is 1. The molecule has 4 heteroatoms. The van der Waals surface area contributed by atoms with Crippen molar-refractivity contribution in [1.29, 1.82) is 0 Å². The number of hydrogen-bond donors (Lipinski definition) is 2. The summed E-state index contributed by atoms with van der Waals surface area (Å²) in [7, 11) is 0. The predicted molar refractivity (Wildman–Crippen MR) is 71.3 cm³/mol. The second-order valence-corrected chi connectivity index (χ2v) is 4.48. The Labute approximate surface area is 107 Å². The van der Waals surface area contributed by atoms with Crippen LogP contribution < -0.4 is 5.73 Å². The van der Waals surface area contributed by atoms with Gasteiger partial charge in [0, 0.05) is 17.8 Å². The molecule has 1 unspecified atom stereocenters. The monoisotopic (exact) mass is 245 g/mol. The Balaban J connectivity index is 2.30. The van der Waals surface area contributed by atoms with E-state index in [4.69, 9.17) is 5.73 Å². The molecule has 4 nitrogen and oxygen atoms in total. The maximum Gasteiger partial charge on any atom is 0.0947 e. The van der Waals surface area contributed by atoms with Crippen molar-refractivity contribution >= 4 is 0 Å². The lowest BCUT2D eigenvalue weighted by Gasteiger charge is -2.09. The fourth-order valence-corrected chi connectivity index (χ4v) is 2.22. The summed E-state index contributed by atoms with van der Waals surface area (Å²) < 4.78 is 1.92. The van der Waals surface area contributed by atoms with Crippen LogP contribution in [0, 0.1) is 13.8 Å². The first-order valence-electron chi connectivity index (χ1n) is 6.09. The minimum Gasteiger partial charge on any atom is -0.387 e. The van der Waals surface area contributed by atoms with Gasteiger partial charge >= 0.3 is 0 Å². The Morgan fingerprint density at radius 1 is 1.28 bits per heavy atom. The van der Waals surface area contributed by atoms with Crippen LogP contribution in [0.25, 0.3) is 0 Å². The summed E-state index contributed by atoms with van der Waals surface area (Å²) in [4.78, 5) is 0. The molecule has 0 saturated heterocycles. The van der Waals surface area contributed by atoms with E-state index in [1.54, 1.807) is 0 Å². The highest BCUT2D eigenvalue weighted by molar-refractivity contribution is 5.28. The molecule has 3 N–H and O–H groups in total. The van der Waals surface area contributed by atoms with Crippen LogP contribution in [-0.2, 0) is 6.54 Å². The molecule has 2 rings (SSSR count). The number of hydrogen-bond acceptors (Lipinski definition) is 3. The van der Waals surface area contributed by atoms with Gasteiger partial charge in [0.05, 0.1) is 18.3 Å². The fourth-order valence-electron chi connectivity index (χ4n) is 2.22. The number of rotatable bonds is 4. The zero-order chi connectivity index (χ0) is 13.1. The SMILES string of the molecule is Cc1nn(Cc2ccccc2)c(C)c1C(O)CN. The van der Waals surface area contributed by atoms with Crippen LogP contribution in [0.5, 0.6) is 0 Å². The van der Waals surface area contributed by atoms with Crippen molar-refractivity contribution in [1.82, 2.24) is 9.78 Å². The van der Waals surface area contributed by atoms with Gasteiger partial charge in [-0.25, -0.2) is 0 Å². The summed E-state index contributed by atoms with van der Waals surface area (Å²) in [6.45, 7) is 4.81. The summed E-state index contributed by atoms with van der Waals surface area (Å²) in [5.41, 5.74) is 9.39. The van der Waals surface area contributed by atoms with Crippen LogP contribution in [0.4, 0.5) is 0 Å². The lowest BCUT2D eigenvalue weighted by molar-refractivity contribution is 0.185. The van der Waals surface area contributed by atoms with Crippen LogP contribution in [0.3, 0.4) is 0 Å². The molecule has 0 aliphatic heterocycles. The van der Waals surface area contributed by atoms with Crippen molar-refractivity contribution in [2.24, 2.45) is 5.73 Å². The van der Waals surface area contributed by atoms with E-state index in [-0.39, 0.29) is 6.54 Å². The predicted octanol–water partition coefficient (Wildman–Crippen LogP) is 1.54. The molecule has 18 heavy (non-hydrogen) atoms. The molecular weight excluding hydrogens is 226 g/mol. The summed E-state index contributed by atoms with van der Waals surface area (Å²) >= 11 is 0. The van der Waals surface area contributed by atoms with Crippen LogP contribution in [-0.4, -0.2) is 21.4 Å². The summed E-state index contributed by atoms with van der Waals surface area (Å²) in [6, 6.07) is 10.1. The first-order valence-corrected chi connectivity index (χ1v) is 6.09. The van der Waals surface area contributed by atoms with Crippen molar-refractivity contribution in [2.45, 2.75) is 26.5 Å². The van der Waals surface area contributed by atoms with E-state index in [0.717, 1.165) is 17.0 Å². The van der Waals surface area contributed by atoms with Gasteiger partial charge in [0.25, 0.3) is 0 Å². The summed E-state index contributed by atoms with van der Waals surface area (Å²) in [5, 5.41) is 14.4. The average molecular weight is 245 g/mol. The van der Waals surface area contributed by atoms with Crippen molar-refractivity contribution < 1.29 is 5.11 Å². The lowest BCUT2D eigenvalue weighted by atomic mass is 10.1. The highest BCUT2D eigenvalue weighted by Gasteiger charge is 2.17. The van der Waals surface area contributed by atoms with E-state index in [2.05, 4.69) is 17.2 Å². The third kappa shape index (κ3) is 2.44. The normalized spacial score (nSPS) is 12.7. The molecule has 0 radical (unpaired) electrons. The standard InChI is InChI=1S/C14H19N3O/c1-10-14(13(18)8-15)11(2)17(16-10)9-12-6-4-3-5-7-12/h3-7,13,18H,8-9,15H2,1-2H3. The molecule has 0 amide bonds. The topological polar surface area (TPSA) is 64.1 Å². The first kappa shape index (κ1) is 12.8. The third-order valence-electron chi connectivity index (χ3n) is 3.17. The number of aryl methyl sites for hydroxylation is 1. The largest absolute Gasteiger partial charge is 0.387 e. The Morgan fingerprint density at radius 2 is 1.94 bits per heavy atom. The van der Waals surface area contributed by atoms with Gasteiger partial charge in [-0.15, -0.1) is 0 Å². The van der Waals surface area contributed by atoms with Crippen LogP contribution >= 0.6 is 0 Å². The van der Waals surface area contributed by atoms with Gasteiger partial charge in [0.2, 0.25) is 0 Å². The molecule has 0 fully saturated rings. The van der Waals surface area contributed by atoms with E-state index in [1.165, 1.54) is 5.56 Å². The van der Waals surface area contributed by atoms with Crippen LogP contribution in [0.15, 0.2) is 30.3 Å². The molecule has 1 aromatic carbocycles. The molecule has 1 atom stereocenters. The van der Waals surface area contributed by atoms with Crippen molar-refractivity contribution in [3.63, 3.8) is 0 Å². The van der Waals surface area contributed by atoms with Gasteiger partial charge in [-0.1, -0.05) is 30.3 Å². The quantitative estimate of drug-likeness (QED) is 0.858. The highest BCUT2D eigenvalue weighted by atomic mass is 16.3. The maximum absolute atomic E-state index is 9.89. The van der Waals surface area contributed by atoms with Crippen LogP contribution in [0.1, 0.15) is 28.6 Å².